The van der Waals surface area contributed by atoms with Gasteiger partial charge in [0.2, 0.25) is 0 Å². The minimum atomic E-state index is 0.307. The van der Waals surface area contributed by atoms with Crippen LogP contribution in [0.4, 0.5) is 5.82 Å². The van der Waals surface area contributed by atoms with Crippen molar-refractivity contribution in [2.24, 2.45) is 17.8 Å². The molecular formula is C15H22ClN3. The van der Waals surface area contributed by atoms with Gasteiger partial charge in [-0.05, 0) is 43.4 Å². The fourth-order valence-electron chi connectivity index (χ4n) is 2.77. The van der Waals surface area contributed by atoms with Crippen molar-refractivity contribution in [3.63, 3.8) is 0 Å². The van der Waals surface area contributed by atoms with Crippen molar-refractivity contribution < 1.29 is 0 Å². The maximum atomic E-state index is 6.07. The lowest BCUT2D eigenvalue weighted by Crippen LogP contribution is -2.19. The zero-order valence-corrected chi connectivity index (χ0v) is 12.5. The van der Waals surface area contributed by atoms with Crippen molar-refractivity contribution in [2.75, 3.05) is 11.9 Å². The van der Waals surface area contributed by atoms with E-state index in [0.717, 1.165) is 35.9 Å². The van der Waals surface area contributed by atoms with Crippen LogP contribution in [0.5, 0.6) is 0 Å². The highest BCUT2D eigenvalue weighted by molar-refractivity contribution is 6.29. The minimum Gasteiger partial charge on any atom is -0.370 e. The first-order valence-corrected chi connectivity index (χ1v) is 7.79. The Labute approximate surface area is 120 Å². The molecule has 1 aromatic heterocycles. The lowest BCUT2D eigenvalue weighted by atomic mass is 9.98. The van der Waals surface area contributed by atoms with Crippen molar-refractivity contribution in [2.45, 2.75) is 45.4 Å². The smallest absolute Gasteiger partial charge is 0.135 e. The van der Waals surface area contributed by atoms with Crippen molar-refractivity contribution in [3.8, 4) is 0 Å². The summed E-state index contributed by atoms with van der Waals surface area (Å²) in [6.45, 7) is 5.22. The molecule has 0 aromatic carbocycles. The molecule has 3 rings (SSSR count). The Kier molecular flexibility index (Phi) is 3.66. The van der Waals surface area contributed by atoms with Gasteiger partial charge in [-0.3, -0.25) is 0 Å². The Morgan fingerprint density at radius 3 is 2.37 bits per heavy atom. The molecule has 2 aliphatic rings. The standard InChI is InChI=1S/C15H22ClN3/c1-9(2)15-18-13(16)7-14(19-15)17-8-12(10-3-4-10)11-5-6-11/h7,9-12H,3-6,8H2,1-2H3,(H,17,18,19). The highest BCUT2D eigenvalue weighted by Crippen LogP contribution is 2.49. The first kappa shape index (κ1) is 13.2. The van der Waals surface area contributed by atoms with Gasteiger partial charge < -0.3 is 5.32 Å². The summed E-state index contributed by atoms with van der Waals surface area (Å²) in [7, 11) is 0. The van der Waals surface area contributed by atoms with Crippen molar-refractivity contribution in [1.29, 1.82) is 0 Å². The zero-order chi connectivity index (χ0) is 13.4. The fourth-order valence-corrected chi connectivity index (χ4v) is 2.96. The second kappa shape index (κ2) is 5.28. The van der Waals surface area contributed by atoms with E-state index in [4.69, 9.17) is 11.6 Å². The van der Waals surface area contributed by atoms with Crippen LogP contribution in [-0.2, 0) is 0 Å². The summed E-state index contributed by atoms with van der Waals surface area (Å²) in [6, 6.07) is 1.84. The molecule has 1 heterocycles. The summed E-state index contributed by atoms with van der Waals surface area (Å²) in [6.07, 6.45) is 5.69. The van der Waals surface area contributed by atoms with E-state index in [0.29, 0.717) is 11.1 Å². The van der Waals surface area contributed by atoms with E-state index < -0.39 is 0 Å². The lowest BCUT2D eigenvalue weighted by molar-refractivity contribution is 0.427. The van der Waals surface area contributed by atoms with E-state index in [9.17, 15) is 0 Å². The van der Waals surface area contributed by atoms with Gasteiger partial charge in [-0.1, -0.05) is 25.4 Å². The van der Waals surface area contributed by atoms with Gasteiger partial charge in [0, 0.05) is 18.5 Å². The molecule has 3 nitrogen and oxygen atoms in total. The third kappa shape index (κ3) is 3.38. The number of nitrogens with zero attached hydrogens (tertiary/aromatic N) is 2. The van der Waals surface area contributed by atoms with Crippen LogP contribution in [0.3, 0.4) is 0 Å². The van der Waals surface area contributed by atoms with Crippen LogP contribution >= 0.6 is 11.6 Å². The van der Waals surface area contributed by atoms with Gasteiger partial charge in [0.05, 0.1) is 0 Å². The maximum Gasteiger partial charge on any atom is 0.135 e. The van der Waals surface area contributed by atoms with E-state index in [1.54, 1.807) is 0 Å². The molecule has 0 radical (unpaired) electrons. The molecule has 1 aromatic rings. The first-order chi connectivity index (χ1) is 9.13. The first-order valence-electron chi connectivity index (χ1n) is 7.42. The molecule has 0 unspecified atom stereocenters. The van der Waals surface area contributed by atoms with Crippen LogP contribution < -0.4 is 5.32 Å². The van der Waals surface area contributed by atoms with Gasteiger partial charge >= 0.3 is 0 Å². The third-order valence-electron chi connectivity index (χ3n) is 4.20. The van der Waals surface area contributed by atoms with Gasteiger partial charge in [-0.15, -0.1) is 0 Å². The van der Waals surface area contributed by atoms with E-state index in [1.165, 1.54) is 25.7 Å². The predicted octanol–water partition coefficient (Wildman–Crippen LogP) is 4.10. The van der Waals surface area contributed by atoms with Crippen LogP contribution in [0.15, 0.2) is 6.07 Å². The van der Waals surface area contributed by atoms with Crippen molar-refractivity contribution in [3.05, 3.63) is 17.0 Å². The molecular weight excluding hydrogens is 258 g/mol. The average molecular weight is 280 g/mol. The van der Waals surface area contributed by atoms with E-state index in [1.807, 2.05) is 6.07 Å². The quantitative estimate of drug-likeness (QED) is 0.797. The van der Waals surface area contributed by atoms with Gasteiger partial charge in [0.15, 0.2) is 0 Å². The number of rotatable bonds is 6. The number of aromatic nitrogens is 2. The van der Waals surface area contributed by atoms with E-state index >= 15 is 0 Å². The molecule has 2 fully saturated rings. The molecule has 0 spiro atoms. The summed E-state index contributed by atoms with van der Waals surface area (Å²) in [5, 5.41) is 4.03. The second-order valence-corrected chi connectivity index (χ2v) is 6.70. The Bertz CT molecular complexity index is 441. The Morgan fingerprint density at radius 1 is 1.21 bits per heavy atom. The largest absolute Gasteiger partial charge is 0.370 e. The van der Waals surface area contributed by atoms with Gasteiger partial charge in [-0.2, -0.15) is 0 Å². The second-order valence-electron chi connectivity index (χ2n) is 6.31. The molecule has 1 N–H and O–H groups in total. The lowest BCUT2D eigenvalue weighted by Gasteiger charge is -2.17. The number of halogens is 1. The van der Waals surface area contributed by atoms with Gasteiger partial charge in [0.25, 0.3) is 0 Å². The Hall–Kier alpha value is -0.830. The Morgan fingerprint density at radius 2 is 1.84 bits per heavy atom. The molecule has 0 atom stereocenters. The molecule has 2 saturated carbocycles. The van der Waals surface area contributed by atoms with Gasteiger partial charge in [-0.25, -0.2) is 9.97 Å². The van der Waals surface area contributed by atoms with Crippen LogP contribution in [0.1, 0.15) is 51.3 Å². The normalized spacial score (nSPS) is 19.2. The number of hydrogen-bond donors (Lipinski definition) is 1. The SMILES string of the molecule is CC(C)c1nc(Cl)cc(NCC(C2CC2)C2CC2)n1. The van der Waals surface area contributed by atoms with Crippen LogP contribution in [0, 0.1) is 17.8 Å². The highest BCUT2D eigenvalue weighted by atomic mass is 35.5. The van der Waals surface area contributed by atoms with Crippen molar-refractivity contribution >= 4 is 17.4 Å². The topological polar surface area (TPSA) is 37.8 Å². The Balaban J connectivity index is 1.65. The molecule has 0 aliphatic heterocycles. The average Bonchev–Trinajstić information content (AvgIpc) is 3.23. The molecule has 2 aliphatic carbocycles. The molecule has 4 heteroatoms. The fraction of sp³-hybridized carbons (Fsp3) is 0.733. The monoisotopic (exact) mass is 279 g/mol. The minimum absolute atomic E-state index is 0.307. The number of hydrogen-bond acceptors (Lipinski definition) is 3. The van der Waals surface area contributed by atoms with Crippen LogP contribution in [0.2, 0.25) is 5.15 Å². The molecule has 0 amide bonds. The summed E-state index contributed by atoms with van der Waals surface area (Å²) in [4.78, 5) is 8.83. The highest BCUT2D eigenvalue weighted by Gasteiger charge is 2.41. The summed E-state index contributed by atoms with van der Waals surface area (Å²) in [5.74, 6) is 4.78. The van der Waals surface area contributed by atoms with Crippen molar-refractivity contribution in [1.82, 2.24) is 9.97 Å². The summed E-state index contributed by atoms with van der Waals surface area (Å²) in [5.41, 5.74) is 0. The van der Waals surface area contributed by atoms with Gasteiger partial charge in [0.1, 0.15) is 16.8 Å². The molecule has 19 heavy (non-hydrogen) atoms. The third-order valence-corrected chi connectivity index (χ3v) is 4.40. The molecule has 0 saturated heterocycles. The number of nitrogens with one attached hydrogen (secondary N) is 1. The van der Waals surface area contributed by atoms with Crippen LogP contribution in [0.25, 0.3) is 0 Å². The number of anilines is 1. The molecule has 0 bridgehead atoms. The zero-order valence-electron chi connectivity index (χ0n) is 11.7. The van der Waals surface area contributed by atoms with E-state index in [2.05, 4.69) is 29.1 Å². The predicted molar refractivity (Wildman–Crippen MR) is 78.6 cm³/mol. The van der Waals surface area contributed by atoms with E-state index in [-0.39, 0.29) is 0 Å². The summed E-state index contributed by atoms with van der Waals surface area (Å²) >= 11 is 6.07. The maximum absolute atomic E-state index is 6.07. The summed E-state index contributed by atoms with van der Waals surface area (Å²) < 4.78 is 0. The van der Waals surface area contributed by atoms with Crippen LogP contribution in [-0.4, -0.2) is 16.5 Å². The molecule has 104 valence electrons.